The van der Waals surface area contributed by atoms with Crippen LogP contribution in [0, 0.1) is 0 Å². The minimum absolute atomic E-state index is 0.428. The van der Waals surface area contributed by atoms with Crippen molar-refractivity contribution >= 4 is 17.4 Å². The van der Waals surface area contributed by atoms with Gasteiger partial charge in [-0.3, -0.25) is 0 Å². The van der Waals surface area contributed by atoms with E-state index in [-0.39, 0.29) is 0 Å². The summed E-state index contributed by atoms with van der Waals surface area (Å²) < 4.78 is 10.5. The van der Waals surface area contributed by atoms with Crippen LogP contribution in [0.25, 0.3) is 11.4 Å². The molecule has 6 heteroatoms. The fourth-order valence-corrected chi connectivity index (χ4v) is 2.16. The Morgan fingerprint density at radius 1 is 1.15 bits per heavy atom. The van der Waals surface area contributed by atoms with Crippen molar-refractivity contribution in [3.63, 3.8) is 0 Å². The molecule has 2 rings (SSSR count). The molecule has 2 N–H and O–H groups in total. The van der Waals surface area contributed by atoms with Gasteiger partial charge in [0.1, 0.15) is 5.82 Å². The number of hydrogen-bond donors (Lipinski definition) is 1. The number of aryl methyl sites for hydroxylation is 1. The zero-order valence-corrected chi connectivity index (χ0v) is 12.4. The lowest BCUT2D eigenvalue weighted by molar-refractivity contribution is 0.355. The Morgan fingerprint density at radius 2 is 1.90 bits per heavy atom. The number of methoxy groups -OCH3 is 2. The molecule has 0 fully saturated rings. The Bertz CT molecular complexity index is 632. The van der Waals surface area contributed by atoms with Crippen LogP contribution >= 0.6 is 11.6 Å². The first-order valence-electron chi connectivity index (χ1n) is 6.14. The maximum absolute atomic E-state index is 6.18. The van der Waals surface area contributed by atoms with Gasteiger partial charge < -0.3 is 15.2 Å². The van der Waals surface area contributed by atoms with E-state index in [9.17, 15) is 0 Å². The number of ether oxygens (including phenoxy) is 2. The summed E-state index contributed by atoms with van der Waals surface area (Å²) in [7, 11) is 3.09. The summed E-state index contributed by atoms with van der Waals surface area (Å²) in [6, 6.07) is 5.27. The Labute approximate surface area is 122 Å². The molecule has 1 aromatic carbocycles. The number of benzene rings is 1. The van der Waals surface area contributed by atoms with Gasteiger partial charge in [0.2, 0.25) is 0 Å². The molecule has 0 saturated heterocycles. The first-order valence-corrected chi connectivity index (χ1v) is 6.52. The van der Waals surface area contributed by atoms with Gasteiger partial charge in [-0.15, -0.1) is 0 Å². The molecule has 0 aliphatic rings. The first kappa shape index (κ1) is 14.4. The second-order valence-corrected chi connectivity index (χ2v) is 4.56. The van der Waals surface area contributed by atoms with Crippen molar-refractivity contribution in [2.45, 2.75) is 13.3 Å². The topological polar surface area (TPSA) is 70.3 Å². The fraction of sp³-hybridized carbons (Fsp3) is 0.286. The van der Waals surface area contributed by atoms with Gasteiger partial charge in [0.25, 0.3) is 0 Å². The number of nitrogens with two attached hydrogens (primary N) is 1. The smallest absolute Gasteiger partial charge is 0.179 e. The van der Waals surface area contributed by atoms with Gasteiger partial charge in [0, 0.05) is 17.3 Å². The van der Waals surface area contributed by atoms with Gasteiger partial charge in [-0.2, -0.15) is 0 Å². The molecule has 0 unspecified atom stereocenters. The minimum atomic E-state index is 0.428. The number of halogens is 1. The maximum atomic E-state index is 6.18. The first-order chi connectivity index (χ1) is 9.58. The van der Waals surface area contributed by atoms with Gasteiger partial charge in [-0.25, -0.2) is 9.97 Å². The minimum Gasteiger partial charge on any atom is -0.493 e. The molecule has 0 bridgehead atoms. The van der Waals surface area contributed by atoms with Crippen molar-refractivity contribution in [1.29, 1.82) is 0 Å². The molecule has 0 aliphatic heterocycles. The predicted octanol–water partition coefficient (Wildman–Crippen LogP) is 2.96. The predicted molar refractivity (Wildman–Crippen MR) is 79.4 cm³/mol. The molecule has 106 valence electrons. The summed E-state index contributed by atoms with van der Waals surface area (Å²) in [6.07, 6.45) is 0.779. The van der Waals surface area contributed by atoms with Crippen molar-refractivity contribution < 1.29 is 9.47 Å². The van der Waals surface area contributed by atoms with Crippen LogP contribution in [0.5, 0.6) is 11.5 Å². The SMILES string of the molecule is CCc1cc(N)nc(-c2cc(Cl)c(OC)c(OC)c2)n1. The van der Waals surface area contributed by atoms with E-state index >= 15 is 0 Å². The molecule has 2 aromatic rings. The molecular weight excluding hydrogens is 278 g/mol. The standard InChI is InChI=1S/C14H16ClN3O2/c1-4-9-7-12(16)18-14(17-9)8-5-10(15)13(20-3)11(6-8)19-2/h5-7H,4H2,1-3H3,(H2,16,17,18). The Morgan fingerprint density at radius 3 is 2.50 bits per heavy atom. The van der Waals surface area contributed by atoms with Crippen molar-refractivity contribution in [1.82, 2.24) is 9.97 Å². The number of nitrogens with zero attached hydrogens (tertiary/aromatic N) is 2. The monoisotopic (exact) mass is 293 g/mol. The molecule has 1 aromatic heterocycles. The average molecular weight is 294 g/mol. The van der Waals surface area contributed by atoms with Crippen LogP contribution in [0.3, 0.4) is 0 Å². The van der Waals surface area contributed by atoms with E-state index in [1.54, 1.807) is 25.3 Å². The van der Waals surface area contributed by atoms with Gasteiger partial charge in [-0.05, 0) is 18.6 Å². The number of nitrogen functional groups attached to an aromatic ring is 1. The van der Waals surface area contributed by atoms with Crippen LogP contribution < -0.4 is 15.2 Å². The normalized spacial score (nSPS) is 10.4. The van der Waals surface area contributed by atoms with Gasteiger partial charge >= 0.3 is 0 Å². The third-order valence-electron chi connectivity index (χ3n) is 2.85. The zero-order valence-electron chi connectivity index (χ0n) is 11.6. The highest BCUT2D eigenvalue weighted by Gasteiger charge is 2.14. The van der Waals surface area contributed by atoms with Crippen molar-refractivity contribution in [3.8, 4) is 22.9 Å². The van der Waals surface area contributed by atoms with Crippen LogP contribution in [0.4, 0.5) is 5.82 Å². The van der Waals surface area contributed by atoms with Crippen LogP contribution in [0.1, 0.15) is 12.6 Å². The van der Waals surface area contributed by atoms with Crippen molar-refractivity contribution in [2.24, 2.45) is 0 Å². The number of rotatable bonds is 4. The summed E-state index contributed by atoms with van der Waals surface area (Å²) in [4.78, 5) is 8.68. The molecule has 0 radical (unpaired) electrons. The number of hydrogen-bond acceptors (Lipinski definition) is 5. The third-order valence-corrected chi connectivity index (χ3v) is 3.13. The van der Waals surface area contributed by atoms with Crippen LogP contribution in [-0.4, -0.2) is 24.2 Å². The molecule has 5 nitrogen and oxygen atoms in total. The van der Waals surface area contributed by atoms with E-state index in [1.165, 1.54) is 7.11 Å². The fourth-order valence-electron chi connectivity index (χ4n) is 1.88. The molecule has 0 atom stereocenters. The van der Waals surface area contributed by atoms with Crippen molar-refractivity contribution in [3.05, 3.63) is 28.9 Å². The summed E-state index contributed by atoms with van der Waals surface area (Å²) in [5.41, 5.74) is 7.40. The Kier molecular flexibility index (Phi) is 4.29. The zero-order chi connectivity index (χ0) is 14.7. The van der Waals surface area contributed by atoms with Gasteiger partial charge in [0.05, 0.1) is 19.2 Å². The van der Waals surface area contributed by atoms with E-state index in [0.29, 0.717) is 28.2 Å². The quantitative estimate of drug-likeness (QED) is 0.938. The number of anilines is 1. The van der Waals surface area contributed by atoms with Gasteiger partial charge in [-0.1, -0.05) is 18.5 Å². The lowest BCUT2D eigenvalue weighted by Crippen LogP contribution is -2.00. The highest BCUT2D eigenvalue weighted by atomic mass is 35.5. The summed E-state index contributed by atoms with van der Waals surface area (Å²) in [5.74, 6) is 1.96. The summed E-state index contributed by atoms with van der Waals surface area (Å²) in [6.45, 7) is 2.01. The van der Waals surface area contributed by atoms with E-state index in [2.05, 4.69) is 9.97 Å². The van der Waals surface area contributed by atoms with Crippen LogP contribution in [0.15, 0.2) is 18.2 Å². The molecule has 0 amide bonds. The Hall–Kier alpha value is -2.01. The van der Waals surface area contributed by atoms with E-state index < -0.39 is 0 Å². The molecule has 0 spiro atoms. The lowest BCUT2D eigenvalue weighted by atomic mass is 10.1. The largest absolute Gasteiger partial charge is 0.493 e. The highest BCUT2D eigenvalue weighted by Crippen LogP contribution is 2.38. The molecule has 1 heterocycles. The molecule has 0 aliphatic carbocycles. The van der Waals surface area contributed by atoms with Gasteiger partial charge in [0.15, 0.2) is 17.3 Å². The summed E-state index contributed by atoms with van der Waals surface area (Å²) in [5, 5.41) is 0.436. The van der Waals surface area contributed by atoms with Crippen LogP contribution in [0.2, 0.25) is 5.02 Å². The lowest BCUT2D eigenvalue weighted by Gasteiger charge is -2.12. The van der Waals surface area contributed by atoms with E-state index in [1.807, 2.05) is 6.92 Å². The third kappa shape index (κ3) is 2.77. The summed E-state index contributed by atoms with van der Waals surface area (Å²) >= 11 is 6.18. The number of aromatic nitrogens is 2. The maximum Gasteiger partial charge on any atom is 0.179 e. The average Bonchev–Trinajstić information content (AvgIpc) is 2.45. The molecule has 20 heavy (non-hydrogen) atoms. The molecular formula is C14H16ClN3O2. The highest BCUT2D eigenvalue weighted by molar-refractivity contribution is 6.32. The van der Waals surface area contributed by atoms with E-state index in [0.717, 1.165) is 17.7 Å². The van der Waals surface area contributed by atoms with E-state index in [4.69, 9.17) is 26.8 Å². The Balaban J connectivity index is 2.58. The second kappa shape index (κ2) is 5.96. The van der Waals surface area contributed by atoms with Crippen LogP contribution in [-0.2, 0) is 6.42 Å². The molecule has 0 saturated carbocycles. The van der Waals surface area contributed by atoms with Crippen molar-refractivity contribution in [2.75, 3.05) is 20.0 Å². The second-order valence-electron chi connectivity index (χ2n) is 4.15.